The van der Waals surface area contributed by atoms with Crippen LogP contribution in [0.4, 0.5) is 0 Å². The summed E-state index contributed by atoms with van der Waals surface area (Å²) in [6.07, 6.45) is 0. The van der Waals surface area contributed by atoms with Crippen molar-refractivity contribution in [2.24, 2.45) is 0 Å². The highest BCUT2D eigenvalue weighted by atomic mass is 32.2. The van der Waals surface area contributed by atoms with Gasteiger partial charge in [0.05, 0.1) is 15.9 Å². The minimum Gasteiger partial charge on any atom is -0.316 e. The number of hydrogen-bond acceptors (Lipinski definition) is 5. The number of hydrogen-bond donors (Lipinski definition) is 2. The Kier molecular flexibility index (Phi) is 3.63. The zero-order chi connectivity index (χ0) is 15.9. The van der Waals surface area contributed by atoms with E-state index in [1.54, 1.807) is 0 Å². The molecule has 1 saturated heterocycles. The first kappa shape index (κ1) is 14.9. The predicted octanol–water partition coefficient (Wildman–Crippen LogP) is -0.847. The summed E-state index contributed by atoms with van der Waals surface area (Å²) >= 11 is 0. The molecule has 0 radical (unpaired) electrons. The lowest BCUT2D eigenvalue weighted by Gasteiger charge is -2.31. The molecule has 8 nitrogen and oxygen atoms in total. The molecule has 1 aliphatic rings. The van der Waals surface area contributed by atoms with Crippen molar-refractivity contribution >= 4 is 21.1 Å². The van der Waals surface area contributed by atoms with Crippen LogP contribution < -0.4 is 11.1 Å². The van der Waals surface area contributed by atoms with Crippen LogP contribution in [0.1, 0.15) is 0 Å². The van der Waals surface area contributed by atoms with E-state index < -0.39 is 21.1 Å². The molecule has 118 valence electrons. The number of aromatic nitrogens is 2. The van der Waals surface area contributed by atoms with E-state index in [0.29, 0.717) is 37.2 Å². The highest BCUT2D eigenvalue weighted by Crippen LogP contribution is 2.20. The predicted molar refractivity (Wildman–Crippen MR) is 81.4 cm³/mol. The zero-order valence-corrected chi connectivity index (χ0v) is 12.8. The van der Waals surface area contributed by atoms with Crippen LogP contribution in [0.3, 0.4) is 0 Å². The fraction of sp³-hybridized carbons (Fsp3) is 0.385. The molecule has 0 amide bonds. The minimum absolute atomic E-state index is 0.104. The number of benzene rings is 1. The lowest BCUT2D eigenvalue weighted by Crippen LogP contribution is -2.47. The van der Waals surface area contributed by atoms with Gasteiger partial charge in [-0.3, -0.25) is 9.59 Å². The van der Waals surface area contributed by atoms with E-state index in [1.165, 1.54) is 22.5 Å². The Labute approximate surface area is 126 Å². The maximum Gasteiger partial charge on any atom is 0.314 e. The second-order valence-electron chi connectivity index (χ2n) is 5.32. The molecule has 2 aromatic rings. The van der Waals surface area contributed by atoms with E-state index in [1.807, 2.05) is 7.05 Å². The monoisotopic (exact) mass is 324 g/mol. The first-order valence-corrected chi connectivity index (χ1v) is 8.27. The van der Waals surface area contributed by atoms with Crippen molar-refractivity contribution in [2.75, 3.05) is 33.2 Å². The first-order valence-electron chi connectivity index (χ1n) is 6.83. The number of nitrogens with zero attached hydrogens (tertiary/aromatic N) is 2. The van der Waals surface area contributed by atoms with Crippen LogP contribution in [0.5, 0.6) is 0 Å². The van der Waals surface area contributed by atoms with Crippen molar-refractivity contribution in [1.29, 1.82) is 0 Å². The fourth-order valence-electron chi connectivity index (χ4n) is 2.43. The van der Waals surface area contributed by atoms with Gasteiger partial charge in [0.25, 0.3) is 0 Å². The van der Waals surface area contributed by atoms with Crippen molar-refractivity contribution in [2.45, 2.75) is 4.90 Å². The van der Waals surface area contributed by atoms with Gasteiger partial charge in [-0.25, -0.2) is 8.42 Å². The molecular formula is C13H16N4O4S. The second-order valence-corrected chi connectivity index (χ2v) is 7.26. The van der Waals surface area contributed by atoms with Gasteiger partial charge in [-0.2, -0.15) is 4.31 Å². The third-order valence-corrected chi connectivity index (χ3v) is 5.69. The molecule has 0 aliphatic carbocycles. The highest BCUT2D eigenvalue weighted by molar-refractivity contribution is 7.89. The van der Waals surface area contributed by atoms with Crippen molar-refractivity contribution in [3.8, 4) is 0 Å². The first-order chi connectivity index (χ1) is 10.4. The summed E-state index contributed by atoms with van der Waals surface area (Å²) in [5.41, 5.74) is -0.884. The summed E-state index contributed by atoms with van der Waals surface area (Å²) < 4.78 is 26.7. The van der Waals surface area contributed by atoms with Gasteiger partial charge in [0.1, 0.15) is 0 Å². The van der Waals surface area contributed by atoms with Crippen molar-refractivity contribution < 1.29 is 8.42 Å². The SMILES string of the molecule is CN1CCN(S(=O)(=O)c2ccc3[nH]c(=O)c(=O)[nH]c3c2)CC1. The largest absolute Gasteiger partial charge is 0.316 e. The third-order valence-electron chi connectivity index (χ3n) is 3.79. The van der Waals surface area contributed by atoms with Gasteiger partial charge in [-0.15, -0.1) is 0 Å². The fourth-order valence-corrected chi connectivity index (χ4v) is 3.88. The summed E-state index contributed by atoms with van der Waals surface area (Å²) in [7, 11) is -1.66. The van der Waals surface area contributed by atoms with Gasteiger partial charge in [0, 0.05) is 26.2 Å². The number of piperazine rings is 1. The van der Waals surface area contributed by atoms with Crippen LogP contribution in [0.15, 0.2) is 32.7 Å². The number of rotatable bonds is 2. The van der Waals surface area contributed by atoms with Crippen molar-refractivity contribution in [3.63, 3.8) is 0 Å². The molecule has 9 heteroatoms. The molecule has 0 saturated carbocycles. The van der Waals surface area contributed by atoms with Gasteiger partial charge in [0.2, 0.25) is 10.0 Å². The van der Waals surface area contributed by atoms with Crippen molar-refractivity contribution in [3.05, 3.63) is 38.9 Å². The summed E-state index contributed by atoms with van der Waals surface area (Å²) in [6, 6.07) is 4.29. The number of likely N-dealkylation sites (N-methyl/N-ethyl adjacent to an activating group) is 1. The van der Waals surface area contributed by atoms with Gasteiger partial charge < -0.3 is 14.9 Å². The molecule has 0 unspecified atom stereocenters. The van der Waals surface area contributed by atoms with E-state index in [0.717, 1.165) is 0 Å². The standard InChI is InChI=1S/C13H16N4O4S/c1-16-4-6-17(7-5-16)22(20,21)9-2-3-10-11(8-9)15-13(19)12(18)14-10/h2-3,8H,4-7H2,1H3,(H,14,18)(H,15,19). The second kappa shape index (κ2) is 5.34. The smallest absolute Gasteiger partial charge is 0.314 e. The topological polar surface area (TPSA) is 106 Å². The molecule has 0 atom stereocenters. The molecule has 22 heavy (non-hydrogen) atoms. The molecule has 1 aliphatic heterocycles. The minimum atomic E-state index is -3.61. The molecule has 3 rings (SSSR count). The Morgan fingerprint density at radius 2 is 1.55 bits per heavy atom. The van der Waals surface area contributed by atoms with Crippen LogP contribution >= 0.6 is 0 Å². The molecule has 0 spiro atoms. The van der Waals surface area contributed by atoms with Gasteiger partial charge in [0.15, 0.2) is 0 Å². The molecule has 1 aromatic carbocycles. The van der Waals surface area contributed by atoms with Crippen LogP contribution in [0, 0.1) is 0 Å². The average Bonchev–Trinajstić information content (AvgIpc) is 2.48. The quantitative estimate of drug-likeness (QED) is 0.700. The Morgan fingerprint density at radius 3 is 2.18 bits per heavy atom. The average molecular weight is 324 g/mol. The summed E-state index contributed by atoms with van der Waals surface area (Å²) in [4.78, 5) is 29.6. The maximum absolute atomic E-state index is 12.6. The summed E-state index contributed by atoms with van der Waals surface area (Å²) in [5.74, 6) is 0. The summed E-state index contributed by atoms with van der Waals surface area (Å²) in [5, 5.41) is 0. The van der Waals surface area contributed by atoms with Crippen LogP contribution in [-0.4, -0.2) is 60.8 Å². The third kappa shape index (κ3) is 2.58. The van der Waals surface area contributed by atoms with E-state index in [9.17, 15) is 18.0 Å². The molecule has 0 bridgehead atoms. The van der Waals surface area contributed by atoms with E-state index in [2.05, 4.69) is 14.9 Å². The van der Waals surface area contributed by atoms with Crippen LogP contribution in [0.25, 0.3) is 11.0 Å². The Balaban J connectivity index is 2.04. The van der Waals surface area contributed by atoms with E-state index in [4.69, 9.17) is 0 Å². The molecule has 2 heterocycles. The number of H-pyrrole nitrogens is 2. The van der Waals surface area contributed by atoms with Crippen molar-refractivity contribution in [1.82, 2.24) is 19.2 Å². The van der Waals surface area contributed by atoms with E-state index in [-0.39, 0.29) is 4.90 Å². The molecule has 2 N–H and O–H groups in total. The number of fused-ring (bicyclic) bond motifs is 1. The number of nitrogens with one attached hydrogen (secondary N) is 2. The number of aromatic amines is 2. The van der Waals surface area contributed by atoms with Crippen LogP contribution in [-0.2, 0) is 10.0 Å². The summed E-state index contributed by atoms with van der Waals surface area (Å²) in [6.45, 7) is 2.21. The molecule has 1 aromatic heterocycles. The molecule has 1 fully saturated rings. The van der Waals surface area contributed by atoms with E-state index >= 15 is 0 Å². The Morgan fingerprint density at radius 1 is 0.955 bits per heavy atom. The lowest BCUT2D eigenvalue weighted by atomic mass is 10.3. The Hall–Kier alpha value is -1.97. The zero-order valence-electron chi connectivity index (χ0n) is 12.0. The van der Waals surface area contributed by atoms with Gasteiger partial charge >= 0.3 is 11.1 Å². The Bertz CT molecular complexity index is 923. The number of sulfonamides is 1. The normalized spacial score (nSPS) is 17.9. The van der Waals surface area contributed by atoms with Gasteiger partial charge in [-0.05, 0) is 25.2 Å². The maximum atomic E-state index is 12.6. The van der Waals surface area contributed by atoms with Gasteiger partial charge in [-0.1, -0.05) is 0 Å². The molecular weight excluding hydrogens is 308 g/mol. The lowest BCUT2D eigenvalue weighted by molar-refractivity contribution is 0.222. The van der Waals surface area contributed by atoms with Crippen LogP contribution in [0.2, 0.25) is 0 Å². The highest BCUT2D eigenvalue weighted by Gasteiger charge is 2.27.